The molecule has 29 heavy (non-hydrogen) atoms. The lowest BCUT2D eigenvalue weighted by atomic mass is 10.1. The van der Waals surface area contributed by atoms with Crippen LogP contribution in [-0.4, -0.2) is 30.3 Å². The van der Waals surface area contributed by atoms with Gasteiger partial charge in [-0.25, -0.2) is 14.5 Å². The Morgan fingerprint density at radius 3 is 1.93 bits per heavy atom. The third kappa shape index (κ3) is 2.68. The van der Waals surface area contributed by atoms with Crippen LogP contribution in [0.1, 0.15) is 5.56 Å². The van der Waals surface area contributed by atoms with Crippen molar-refractivity contribution in [2.45, 2.75) is 12.8 Å². The second-order valence-corrected chi connectivity index (χ2v) is 7.20. The second kappa shape index (κ2) is 6.76. The van der Waals surface area contributed by atoms with Crippen LogP contribution in [0.25, 0.3) is 0 Å². The van der Waals surface area contributed by atoms with Gasteiger partial charge in [-0.2, -0.15) is 0 Å². The zero-order valence-corrected chi connectivity index (χ0v) is 16.0. The van der Waals surface area contributed by atoms with Gasteiger partial charge in [0.15, 0.2) is 6.29 Å². The van der Waals surface area contributed by atoms with Gasteiger partial charge in [-0.3, -0.25) is 14.7 Å². The van der Waals surface area contributed by atoms with Crippen LogP contribution < -0.4 is 14.7 Å². The number of anilines is 3. The van der Waals surface area contributed by atoms with Crippen molar-refractivity contribution in [3.05, 3.63) is 90.5 Å². The van der Waals surface area contributed by atoms with Gasteiger partial charge in [0.2, 0.25) is 0 Å². The molecule has 0 radical (unpaired) electrons. The third-order valence-corrected chi connectivity index (χ3v) is 5.37. The van der Waals surface area contributed by atoms with E-state index in [1.54, 1.807) is 21.9 Å². The van der Waals surface area contributed by atoms with Crippen LogP contribution in [0.15, 0.2) is 84.9 Å². The topological polar surface area (TPSA) is 47.1 Å². The van der Waals surface area contributed by atoms with Crippen LogP contribution in [-0.2, 0) is 6.54 Å². The zero-order chi connectivity index (χ0) is 20.0. The molecule has 3 aromatic carbocycles. The Kier molecular flexibility index (Phi) is 4.07. The molecule has 1 saturated heterocycles. The van der Waals surface area contributed by atoms with Crippen molar-refractivity contribution >= 4 is 29.1 Å². The van der Waals surface area contributed by atoms with Gasteiger partial charge in [-0.1, -0.05) is 54.6 Å². The van der Waals surface area contributed by atoms with Crippen molar-refractivity contribution in [1.82, 2.24) is 4.90 Å². The maximum Gasteiger partial charge on any atom is 0.340 e. The van der Waals surface area contributed by atoms with Gasteiger partial charge in [0.1, 0.15) is 0 Å². The number of nitrogens with zero attached hydrogens (tertiary/aromatic N) is 4. The van der Waals surface area contributed by atoms with Gasteiger partial charge >= 0.3 is 12.1 Å². The highest BCUT2D eigenvalue weighted by Gasteiger charge is 2.50. The summed E-state index contributed by atoms with van der Waals surface area (Å²) in [5.74, 6) is 0. The molecule has 1 unspecified atom stereocenters. The molecule has 1 atom stereocenters. The van der Waals surface area contributed by atoms with E-state index in [4.69, 9.17) is 0 Å². The number of rotatable bonds is 2. The Morgan fingerprint density at radius 1 is 0.690 bits per heavy atom. The quantitative estimate of drug-likeness (QED) is 0.654. The van der Waals surface area contributed by atoms with Gasteiger partial charge in [-0.05, 0) is 42.9 Å². The van der Waals surface area contributed by atoms with Crippen molar-refractivity contribution in [3.63, 3.8) is 0 Å². The summed E-state index contributed by atoms with van der Waals surface area (Å²) in [7, 11) is 1.93. The molecule has 144 valence electrons. The molecule has 6 nitrogen and oxygen atoms in total. The third-order valence-electron chi connectivity index (χ3n) is 5.37. The van der Waals surface area contributed by atoms with E-state index in [2.05, 4.69) is 0 Å². The number of benzene rings is 3. The minimum absolute atomic E-state index is 0.350. The summed E-state index contributed by atoms with van der Waals surface area (Å²) in [5.41, 5.74) is 3.17. The fourth-order valence-corrected chi connectivity index (χ4v) is 4.09. The Hall–Kier alpha value is -3.64. The molecule has 1 fully saturated rings. The molecule has 0 spiro atoms. The molecule has 2 heterocycles. The Bertz CT molecular complexity index is 1070. The predicted octanol–water partition coefficient (Wildman–Crippen LogP) is 4.49. The summed E-state index contributed by atoms with van der Waals surface area (Å²) in [6.45, 7) is 0.645. The number of imide groups is 1. The van der Waals surface area contributed by atoms with Gasteiger partial charge < -0.3 is 0 Å². The SMILES string of the molecule is CN1Cc2ccccc2N2C(=O)N(c3ccccc3)C(=O)N(c3ccccc3)C12. The number of urea groups is 2. The van der Waals surface area contributed by atoms with Crippen molar-refractivity contribution in [1.29, 1.82) is 0 Å². The Balaban J connectivity index is 1.72. The normalized spacial score (nSPS) is 19.2. The molecule has 0 N–H and O–H groups in total. The molecule has 5 rings (SSSR count). The minimum atomic E-state index is -0.535. The molecule has 3 aromatic rings. The standard InChI is InChI=1S/C23H20N4O2/c1-24-16-17-10-8-9-15-20(17)27-21(24)25(18-11-4-2-5-12-18)22(28)26(23(27)29)19-13-6-3-7-14-19/h2-15,21H,16H2,1H3. The monoisotopic (exact) mass is 384 g/mol. The highest BCUT2D eigenvalue weighted by Crippen LogP contribution is 2.38. The highest BCUT2D eigenvalue weighted by molar-refractivity contribution is 6.26. The number of carbonyl (C=O) groups is 2. The summed E-state index contributed by atoms with van der Waals surface area (Å²) < 4.78 is 0. The lowest BCUT2D eigenvalue weighted by Gasteiger charge is -2.52. The van der Waals surface area contributed by atoms with Crippen molar-refractivity contribution < 1.29 is 9.59 Å². The number of amides is 4. The molecule has 2 aliphatic rings. The Labute approximate surface area is 169 Å². The lowest BCUT2D eigenvalue weighted by Crippen LogP contribution is -2.72. The fraction of sp³-hybridized carbons (Fsp3) is 0.130. The molecule has 0 saturated carbocycles. The van der Waals surface area contributed by atoms with E-state index < -0.39 is 6.29 Å². The van der Waals surface area contributed by atoms with Gasteiger partial charge in [0.05, 0.1) is 11.4 Å². The Morgan fingerprint density at radius 2 is 1.24 bits per heavy atom. The van der Waals surface area contributed by atoms with Gasteiger partial charge in [0.25, 0.3) is 0 Å². The molecular formula is C23H20N4O2. The summed E-state index contributed by atoms with van der Waals surface area (Å²) >= 11 is 0. The summed E-state index contributed by atoms with van der Waals surface area (Å²) in [4.78, 5) is 33.9. The first kappa shape index (κ1) is 17.5. The average molecular weight is 384 g/mol. The van der Waals surface area contributed by atoms with Crippen molar-refractivity contribution in [2.75, 3.05) is 21.7 Å². The first-order valence-corrected chi connectivity index (χ1v) is 9.51. The molecule has 0 aliphatic carbocycles. The number of hydrogen-bond acceptors (Lipinski definition) is 3. The van der Waals surface area contributed by atoms with E-state index >= 15 is 0 Å². The van der Waals surface area contributed by atoms with E-state index in [1.165, 1.54) is 4.90 Å². The first-order valence-electron chi connectivity index (χ1n) is 9.51. The summed E-state index contributed by atoms with van der Waals surface area (Å²) in [6, 6.07) is 25.7. The van der Waals surface area contributed by atoms with E-state index in [9.17, 15) is 9.59 Å². The van der Waals surface area contributed by atoms with E-state index in [0.717, 1.165) is 16.9 Å². The molecule has 2 aliphatic heterocycles. The second-order valence-electron chi connectivity index (χ2n) is 7.20. The molecular weight excluding hydrogens is 364 g/mol. The fourth-order valence-electron chi connectivity index (χ4n) is 4.09. The highest BCUT2D eigenvalue weighted by atomic mass is 16.2. The van der Waals surface area contributed by atoms with E-state index in [0.29, 0.717) is 12.2 Å². The molecule has 0 aromatic heterocycles. The lowest BCUT2D eigenvalue weighted by molar-refractivity contribution is 0.182. The van der Waals surface area contributed by atoms with E-state index in [1.807, 2.05) is 84.7 Å². The van der Waals surface area contributed by atoms with Crippen LogP contribution >= 0.6 is 0 Å². The minimum Gasteiger partial charge on any atom is -0.264 e. The van der Waals surface area contributed by atoms with E-state index in [-0.39, 0.29) is 12.1 Å². The van der Waals surface area contributed by atoms with Crippen LogP contribution in [0.3, 0.4) is 0 Å². The number of para-hydroxylation sites is 3. The van der Waals surface area contributed by atoms with Crippen LogP contribution in [0.4, 0.5) is 26.7 Å². The number of fused-ring (bicyclic) bond motifs is 3. The predicted molar refractivity (Wildman–Crippen MR) is 113 cm³/mol. The zero-order valence-electron chi connectivity index (χ0n) is 16.0. The van der Waals surface area contributed by atoms with Crippen molar-refractivity contribution in [2.24, 2.45) is 0 Å². The maximum absolute atomic E-state index is 13.6. The number of hydrogen-bond donors (Lipinski definition) is 0. The van der Waals surface area contributed by atoms with Crippen LogP contribution in [0, 0.1) is 0 Å². The van der Waals surface area contributed by atoms with Crippen LogP contribution in [0.5, 0.6) is 0 Å². The smallest absolute Gasteiger partial charge is 0.264 e. The maximum atomic E-state index is 13.6. The molecule has 4 amide bonds. The first-order chi connectivity index (χ1) is 14.2. The summed E-state index contributed by atoms with van der Waals surface area (Å²) in [5, 5.41) is 0. The van der Waals surface area contributed by atoms with Gasteiger partial charge in [-0.15, -0.1) is 0 Å². The summed E-state index contributed by atoms with van der Waals surface area (Å²) in [6.07, 6.45) is -0.535. The molecule has 6 heteroatoms. The van der Waals surface area contributed by atoms with Crippen molar-refractivity contribution in [3.8, 4) is 0 Å². The van der Waals surface area contributed by atoms with Gasteiger partial charge in [0, 0.05) is 12.2 Å². The molecule has 0 bridgehead atoms. The van der Waals surface area contributed by atoms with Crippen LogP contribution in [0.2, 0.25) is 0 Å². The number of carbonyl (C=O) groups excluding carboxylic acids is 2. The average Bonchev–Trinajstić information content (AvgIpc) is 2.75. The largest absolute Gasteiger partial charge is 0.340 e.